The lowest BCUT2D eigenvalue weighted by Gasteiger charge is -2.07. The maximum atomic E-state index is 11.7. The molecule has 2 amide bonds. The molecule has 2 rings (SSSR count). The quantitative estimate of drug-likeness (QED) is 0.831. The summed E-state index contributed by atoms with van der Waals surface area (Å²) in [5, 5.41) is 5.14. The predicted molar refractivity (Wildman–Crippen MR) is 79.1 cm³/mol. The molecule has 0 atom stereocenters. The first-order valence-electron chi connectivity index (χ1n) is 6.65. The fourth-order valence-electron chi connectivity index (χ4n) is 1.73. The van der Waals surface area contributed by atoms with Crippen LogP contribution in [0.1, 0.15) is 16.7 Å². The molecule has 0 aliphatic carbocycles. The van der Waals surface area contributed by atoms with E-state index in [0.717, 1.165) is 16.7 Å². The van der Waals surface area contributed by atoms with E-state index < -0.39 is 11.8 Å². The first-order chi connectivity index (χ1) is 10.1. The molecule has 21 heavy (non-hydrogen) atoms. The summed E-state index contributed by atoms with van der Waals surface area (Å²) in [6.45, 7) is 2.61. The Kier molecular flexibility index (Phi) is 5.04. The number of nitrogens with one attached hydrogen (secondary N) is 2. The zero-order valence-electron chi connectivity index (χ0n) is 11.8. The summed E-state index contributed by atoms with van der Waals surface area (Å²) < 4.78 is 0. The van der Waals surface area contributed by atoms with Crippen molar-refractivity contribution in [1.29, 1.82) is 0 Å². The van der Waals surface area contributed by atoms with Gasteiger partial charge in [-0.2, -0.15) is 0 Å². The van der Waals surface area contributed by atoms with Gasteiger partial charge in [0, 0.05) is 25.5 Å². The number of hydrogen-bond donors (Lipinski definition) is 2. The smallest absolute Gasteiger partial charge is 0.309 e. The summed E-state index contributed by atoms with van der Waals surface area (Å²) in [6, 6.07) is 11.4. The number of aryl methyl sites for hydroxylation is 1. The Morgan fingerprint density at radius 1 is 0.952 bits per heavy atom. The van der Waals surface area contributed by atoms with Gasteiger partial charge in [-0.3, -0.25) is 14.6 Å². The molecule has 108 valence electrons. The van der Waals surface area contributed by atoms with Gasteiger partial charge in [0.1, 0.15) is 0 Å². The van der Waals surface area contributed by atoms with Crippen molar-refractivity contribution in [2.75, 3.05) is 0 Å². The SMILES string of the molecule is Cc1ccc(CNC(=O)C(=O)NCc2cccnc2)cc1. The monoisotopic (exact) mass is 283 g/mol. The van der Waals surface area contributed by atoms with Gasteiger partial charge in [0.25, 0.3) is 0 Å². The Morgan fingerprint density at radius 2 is 1.57 bits per heavy atom. The van der Waals surface area contributed by atoms with E-state index in [1.807, 2.05) is 37.3 Å². The van der Waals surface area contributed by atoms with Crippen molar-refractivity contribution in [2.24, 2.45) is 0 Å². The number of nitrogens with zero attached hydrogens (tertiary/aromatic N) is 1. The van der Waals surface area contributed by atoms with E-state index in [-0.39, 0.29) is 6.54 Å². The predicted octanol–water partition coefficient (Wildman–Crippen LogP) is 1.32. The number of carbonyl (C=O) groups excluding carboxylic acids is 2. The number of amides is 2. The van der Waals surface area contributed by atoms with Gasteiger partial charge in [-0.1, -0.05) is 35.9 Å². The molecule has 0 aliphatic heterocycles. The first-order valence-corrected chi connectivity index (χ1v) is 6.65. The molecule has 1 aromatic heterocycles. The molecule has 0 aliphatic rings. The standard InChI is InChI=1S/C16H17N3O2/c1-12-4-6-13(7-5-12)10-18-15(20)16(21)19-11-14-3-2-8-17-9-14/h2-9H,10-11H2,1H3,(H,18,20)(H,19,21). The molecule has 5 heteroatoms. The van der Waals surface area contributed by atoms with Gasteiger partial charge in [-0.15, -0.1) is 0 Å². The zero-order chi connectivity index (χ0) is 15.1. The number of hydrogen-bond acceptors (Lipinski definition) is 3. The van der Waals surface area contributed by atoms with Crippen molar-refractivity contribution in [3.8, 4) is 0 Å². The minimum atomic E-state index is -0.647. The van der Waals surface area contributed by atoms with Crippen LogP contribution in [0.25, 0.3) is 0 Å². The van der Waals surface area contributed by atoms with Crippen molar-refractivity contribution in [1.82, 2.24) is 15.6 Å². The lowest BCUT2D eigenvalue weighted by molar-refractivity contribution is -0.139. The summed E-state index contributed by atoms with van der Waals surface area (Å²) in [7, 11) is 0. The molecule has 0 saturated heterocycles. The maximum absolute atomic E-state index is 11.7. The van der Waals surface area contributed by atoms with E-state index in [1.54, 1.807) is 18.5 Å². The number of benzene rings is 1. The van der Waals surface area contributed by atoms with Crippen LogP contribution in [-0.4, -0.2) is 16.8 Å². The molecule has 0 spiro atoms. The van der Waals surface area contributed by atoms with Crippen molar-refractivity contribution >= 4 is 11.8 Å². The Labute approximate surface area is 123 Å². The Balaban J connectivity index is 1.77. The number of rotatable bonds is 4. The van der Waals surface area contributed by atoms with Crippen LogP contribution in [-0.2, 0) is 22.7 Å². The van der Waals surface area contributed by atoms with Crippen LogP contribution in [0.4, 0.5) is 0 Å². The molecule has 2 aromatic rings. The molecule has 0 bridgehead atoms. The highest BCUT2D eigenvalue weighted by atomic mass is 16.2. The van der Waals surface area contributed by atoms with Crippen molar-refractivity contribution in [2.45, 2.75) is 20.0 Å². The average molecular weight is 283 g/mol. The van der Waals surface area contributed by atoms with E-state index in [2.05, 4.69) is 15.6 Å². The minimum Gasteiger partial charge on any atom is -0.344 e. The van der Waals surface area contributed by atoms with Crippen molar-refractivity contribution in [3.05, 3.63) is 65.5 Å². The largest absolute Gasteiger partial charge is 0.344 e. The second kappa shape index (κ2) is 7.19. The van der Waals surface area contributed by atoms with Crippen molar-refractivity contribution < 1.29 is 9.59 Å². The fraction of sp³-hybridized carbons (Fsp3) is 0.188. The molecule has 1 heterocycles. The third-order valence-corrected chi connectivity index (χ3v) is 2.96. The Hall–Kier alpha value is -2.69. The van der Waals surface area contributed by atoms with Crippen LogP contribution in [0, 0.1) is 6.92 Å². The van der Waals surface area contributed by atoms with Crippen LogP contribution in [0.15, 0.2) is 48.8 Å². The number of aromatic nitrogens is 1. The topological polar surface area (TPSA) is 71.1 Å². The average Bonchev–Trinajstić information content (AvgIpc) is 2.52. The third-order valence-electron chi connectivity index (χ3n) is 2.96. The molecular weight excluding hydrogens is 266 g/mol. The molecule has 0 unspecified atom stereocenters. The van der Waals surface area contributed by atoms with E-state index in [4.69, 9.17) is 0 Å². The van der Waals surface area contributed by atoms with E-state index in [9.17, 15) is 9.59 Å². The lowest BCUT2D eigenvalue weighted by atomic mass is 10.1. The normalized spacial score (nSPS) is 9.95. The highest BCUT2D eigenvalue weighted by Gasteiger charge is 2.12. The lowest BCUT2D eigenvalue weighted by Crippen LogP contribution is -2.39. The molecule has 0 fully saturated rings. The van der Waals surface area contributed by atoms with Gasteiger partial charge >= 0.3 is 11.8 Å². The highest BCUT2D eigenvalue weighted by molar-refractivity contribution is 6.35. The Bertz CT molecular complexity index is 609. The van der Waals surface area contributed by atoms with Gasteiger partial charge in [-0.05, 0) is 24.1 Å². The van der Waals surface area contributed by atoms with Crippen LogP contribution in [0.3, 0.4) is 0 Å². The Morgan fingerprint density at radius 3 is 2.14 bits per heavy atom. The van der Waals surface area contributed by atoms with Gasteiger partial charge in [0.15, 0.2) is 0 Å². The van der Waals surface area contributed by atoms with Crippen LogP contribution >= 0.6 is 0 Å². The van der Waals surface area contributed by atoms with Crippen LogP contribution < -0.4 is 10.6 Å². The van der Waals surface area contributed by atoms with Gasteiger partial charge in [0.2, 0.25) is 0 Å². The van der Waals surface area contributed by atoms with E-state index in [1.165, 1.54) is 0 Å². The summed E-state index contributed by atoms with van der Waals surface area (Å²) >= 11 is 0. The van der Waals surface area contributed by atoms with Crippen LogP contribution in [0.2, 0.25) is 0 Å². The van der Waals surface area contributed by atoms with E-state index >= 15 is 0 Å². The molecular formula is C16H17N3O2. The first kappa shape index (κ1) is 14.7. The van der Waals surface area contributed by atoms with Crippen LogP contribution in [0.5, 0.6) is 0 Å². The van der Waals surface area contributed by atoms with Crippen molar-refractivity contribution in [3.63, 3.8) is 0 Å². The third kappa shape index (κ3) is 4.72. The summed E-state index contributed by atoms with van der Waals surface area (Å²) in [5.74, 6) is -1.29. The minimum absolute atomic E-state index is 0.282. The van der Waals surface area contributed by atoms with Gasteiger partial charge < -0.3 is 10.6 Å². The second-order valence-corrected chi connectivity index (χ2v) is 4.71. The molecule has 0 radical (unpaired) electrons. The molecule has 5 nitrogen and oxygen atoms in total. The van der Waals surface area contributed by atoms with E-state index in [0.29, 0.717) is 6.54 Å². The second-order valence-electron chi connectivity index (χ2n) is 4.71. The molecule has 0 saturated carbocycles. The van der Waals surface area contributed by atoms with Gasteiger partial charge in [-0.25, -0.2) is 0 Å². The molecule has 2 N–H and O–H groups in total. The molecule has 1 aromatic carbocycles. The summed E-state index contributed by atoms with van der Waals surface area (Å²) in [6.07, 6.45) is 3.30. The highest BCUT2D eigenvalue weighted by Crippen LogP contribution is 2.02. The number of carbonyl (C=O) groups is 2. The summed E-state index contributed by atoms with van der Waals surface area (Å²) in [4.78, 5) is 27.3. The fourth-order valence-corrected chi connectivity index (χ4v) is 1.73. The zero-order valence-corrected chi connectivity index (χ0v) is 11.8. The summed E-state index contributed by atoms with van der Waals surface area (Å²) in [5.41, 5.74) is 2.95. The van der Waals surface area contributed by atoms with Gasteiger partial charge in [0.05, 0.1) is 0 Å². The maximum Gasteiger partial charge on any atom is 0.309 e. The number of pyridine rings is 1.